The molecule has 28 heavy (non-hydrogen) atoms. The molecule has 0 saturated carbocycles. The molecule has 2 heterocycles. The van der Waals surface area contributed by atoms with Crippen molar-refractivity contribution in [2.75, 3.05) is 26.2 Å². The van der Waals surface area contributed by atoms with Gasteiger partial charge in [-0.3, -0.25) is 10.00 Å². The summed E-state index contributed by atoms with van der Waals surface area (Å²) >= 11 is 3.46. The highest BCUT2D eigenvalue weighted by Crippen LogP contribution is 2.37. The number of nitrogens with one attached hydrogen (secondary N) is 1. The standard InChI is InChI=1S/C22H24BrN3O2/c23-17-6-4-16(5-7-17)20-15-24-25-22(20)19-9-8-18(14-21(19)27)28-13-12-26-10-2-1-3-11-26/h4-9,14-15,27H,1-3,10-13H2,(H,24,25). The van der Waals surface area contributed by atoms with Gasteiger partial charge in [0.1, 0.15) is 18.1 Å². The molecule has 146 valence electrons. The van der Waals surface area contributed by atoms with Gasteiger partial charge in [0.15, 0.2) is 0 Å². The third-order valence-electron chi connectivity index (χ3n) is 5.16. The number of aromatic hydroxyl groups is 1. The number of likely N-dealkylation sites (tertiary alicyclic amines) is 1. The van der Waals surface area contributed by atoms with Gasteiger partial charge in [-0.2, -0.15) is 5.10 Å². The van der Waals surface area contributed by atoms with E-state index in [-0.39, 0.29) is 5.75 Å². The molecule has 0 radical (unpaired) electrons. The summed E-state index contributed by atoms with van der Waals surface area (Å²) < 4.78 is 6.88. The molecule has 0 spiro atoms. The highest BCUT2D eigenvalue weighted by atomic mass is 79.9. The number of hydrogen-bond donors (Lipinski definition) is 2. The van der Waals surface area contributed by atoms with E-state index in [4.69, 9.17) is 4.74 Å². The zero-order chi connectivity index (χ0) is 19.3. The van der Waals surface area contributed by atoms with Gasteiger partial charge in [-0.1, -0.05) is 34.5 Å². The molecule has 1 saturated heterocycles. The number of benzene rings is 2. The molecule has 0 aliphatic carbocycles. The van der Waals surface area contributed by atoms with Crippen molar-refractivity contribution in [2.24, 2.45) is 0 Å². The van der Waals surface area contributed by atoms with Crippen molar-refractivity contribution in [1.82, 2.24) is 15.1 Å². The minimum absolute atomic E-state index is 0.179. The second-order valence-corrected chi connectivity index (χ2v) is 8.01. The molecule has 2 aromatic carbocycles. The summed E-state index contributed by atoms with van der Waals surface area (Å²) in [5.41, 5.74) is 3.48. The zero-order valence-electron chi connectivity index (χ0n) is 15.7. The van der Waals surface area contributed by atoms with Crippen LogP contribution in [0.25, 0.3) is 22.4 Å². The number of H-pyrrole nitrogens is 1. The maximum absolute atomic E-state index is 10.6. The maximum atomic E-state index is 10.6. The van der Waals surface area contributed by atoms with Crippen LogP contribution in [0.3, 0.4) is 0 Å². The van der Waals surface area contributed by atoms with Crippen molar-refractivity contribution in [2.45, 2.75) is 19.3 Å². The van der Waals surface area contributed by atoms with Crippen molar-refractivity contribution in [1.29, 1.82) is 0 Å². The molecule has 2 N–H and O–H groups in total. The Morgan fingerprint density at radius 1 is 1.04 bits per heavy atom. The van der Waals surface area contributed by atoms with Crippen molar-refractivity contribution >= 4 is 15.9 Å². The number of phenols is 1. The van der Waals surface area contributed by atoms with Crippen molar-refractivity contribution in [3.05, 3.63) is 53.1 Å². The van der Waals surface area contributed by atoms with Crippen molar-refractivity contribution in [3.8, 4) is 33.9 Å². The van der Waals surface area contributed by atoms with Gasteiger partial charge in [0.05, 0.1) is 11.9 Å². The van der Waals surface area contributed by atoms with E-state index >= 15 is 0 Å². The highest BCUT2D eigenvalue weighted by Gasteiger charge is 2.15. The summed E-state index contributed by atoms with van der Waals surface area (Å²) in [6, 6.07) is 13.5. The van der Waals surface area contributed by atoms with E-state index < -0.39 is 0 Å². The molecule has 1 fully saturated rings. The predicted molar refractivity (Wildman–Crippen MR) is 115 cm³/mol. The fourth-order valence-electron chi connectivity index (χ4n) is 3.63. The van der Waals surface area contributed by atoms with E-state index in [0.717, 1.165) is 40.9 Å². The molecule has 0 unspecified atom stereocenters. The number of rotatable bonds is 6. The normalized spacial score (nSPS) is 14.9. The van der Waals surface area contributed by atoms with E-state index in [1.54, 1.807) is 12.3 Å². The first kappa shape index (κ1) is 19.0. The van der Waals surface area contributed by atoms with Gasteiger partial charge >= 0.3 is 0 Å². The number of phenolic OH excluding ortho intramolecular Hbond substituents is 1. The van der Waals surface area contributed by atoms with Crippen LogP contribution in [0.15, 0.2) is 53.1 Å². The number of ether oxygens (including phenoxy) is 1. The number of nitrogens with zero attached hydrogens (tertiary/aromatic N) is 2. The molecule has 4 rings (SSSR count). The molecule has 1 aliphatic heterocycles. The Morgan fingerprint density at radius 2 is 1.82 bits per heavy atom. The van der Waals surface area contributed by atoms with Crippen LogP contribution in [0.4, 0.5) is 0 Å². The lowest BCUT2D eigenvalue weighted by Gasteiger charge is -2.26. The number of aromatic nitrogens is 2. The monoisotopic (exact) mass is 441 g/mol. The Bertz CT molecular complexity index is 918. The van der Waals surface area contributed by atoms with Gasteiger partial charge in [0, 0.05) is 28.2 Å². The Morgan fingerprint density at radius 3 is 2.57 bits per heavy atom. The third kappa shape index (κ3) is 4.39. The molecule has 0 amide bonds. The topological polar surface area (TPSA) is 61.4 Å². The SMILES string of the molecule is Oc1cc(OCCN2CCCCC2)ccc1-c1[nH]ncc1-c1ccc(Br)cc1. The van der Waals surface area contributed by atoms with Gasteiger partial charge < -0.3 is 9.84 Å². The first-order valence-corrected chi connectivity index (χ1v) is 10.5. The molecule has 0 atom stereocenters. The predicted octanol–water partition coefficient (Wildman–Crippen LogP) is 5.08. The van der Waals surface area contributed by atoms with Gasteiger partial charge in [0.25, 0.3) is 0 Å². The summed E-state index contributed by atoms with van der Waals surface area (Å²) in [6.07, 6.45) is 5.67. The first-order valence-electron chi connectivity index (χ1n) is 9.68. The quantitative estimate of drug-likeness (QED) is 0.559. The second-order valence-electron chi connectivity index (χ2n) is 7.10. The lowest BCUT2D eigenvalue weighted by molar-refractivity contribution is 0.183. The van der Waals surface area contributed by atoms with Gasteiger partial charge in [-0.25, -0.2) is 0 Å². The Labute approximate surface area is 173 Å². The maximum Gasteiger partial charge on any atom is 0.128 e. The van der Waals surface area contributed by atoms with Gasteiger partial charge in [-0.05, 0) is 55.8 Å². The van der Waals surface area contributed by atoms with E-state index in [2.05, 4.69) is 31.0 Å². The molecule has 1 aromatic heterocycles. The Hall–Kier alpha value is -2.31. The Kier molecular flexibility index (Phi) is 5.98. The molecular weight excluding hydrogens is 418 g/mol. The van der Waals surface area contributed by atoms with E-state index in [0.29, 0.717) is 17.9 Å². The smallest absolute Gasteiger partial charge is 0.128 e. The van der Waals surface area contributed by atoms with Crippen LogP contribution in [0.5, 0.6) is 11.5 Å². The van der Waals surface area contributed by atoms with Crippen LogP contribution < -0.4 is 4.74 Å². The van der Waals surface area contributed by atoms with Crippen LogP contribution >= 0.6 is 15.9 Å². The summed E-state index contributed by atoms with van der Waals surface area (Å²) in [4.78, 5) is 2.44. The zero-order valence-corrected chi connectivity index (χ0v) is 17.3. The molecular formula is C22H24BrN3O2. The molecule has 5 nitrogen and oxygen atoms in total. The van der Waals surface area contributed by atoms with Gasteiger partial charge in [0.2, 0.25) is 0 Å². The van der Waals surface area contributed by atoms with E-state index in [9.17, 15) is 5.11 Å². The number of piperidine rings is 1. The minimum atomic E-state index is 0.179. The van der Waals surface area contributed by atoms with Crippen LogP contribution in [-0.2, 0) is 0 Å². The second kappa shape index (κ2) is 8.80. The number of aromatic amines is 1. The van der Waals surface area contributed by atoms with Crippen LogP contribution in [0.2, 0.25) is 0 Å². The summed E-state index contributed by atoms with van der Waals surface area (Å²) in [5, 5.41) is 17.8. The lowest BCUT2D eigenvalue weighted by atomic mass is 10.0. The molecule has 1 aliphatic rings. The summed E-state index contributed by atoms with van der Waals surface area (Å²) in [5.74, 6) is 0.862. The number of halogens is 1. The first-order chi connectivity index (χ1) is 13.7. The van der Waals surface area contributed by atoms with E-state index in [1.165, 1.54) is 19.3 Å². The highest BCUT2D eigenvalue weighted by molar-refractivity contribution is 9.10. The van der Waals surface area contributed by atoms with Crippen molar-refractivity contribution in [3.63, 3.8) is 0 Å². The fraction of sp³-hybridized carbons (Fsp3) is 0.318. The average molecular weight is 442 g/mol. The average Bonchev–Trinajstić information content (AvgIpc) is 3.19. The summed E-state index contributed by atoms with van der Waals surface area (Å²) in [7, 11) is 0. The minimum Gasteiger partial charge on any atom is -0.507 e. The molecule has 0 bridgehead atoms. The van der Waals surface area contributed by atoms with Crippen LogP contribution in [-0.4, -0.2) is 46.4 Å². The Balaban J connectivity index is 1.46. The lowest BCUT2D eigenvalue weighted by Crippen LogP contribution is -2.33. The fourth-order valence-corrected chi connectivity index (χ4v) is 3.89. The van der Waals surface area contributed by atoms with Crippen LogP contribution in [0.1, 0.15) is 19.3 Å². The largest absolute Gasteiger partial charge is 0.507 e. The van der Waals surface area contributed by atoms with Crippen LogP contribution in [0, 0.1) is 0 Å². The van der Waals surface area contributed by atoms with Gasteiger partial charge in [-0.15, -0.1) is 0 Å². The molecule has 3 aromatic rings. The number of hydrogen-bond acceptors (Lipinski definition) is 4. The molecule has 6 heteroatoms. The van der Waals surface area contributed by atoms with Crippen molar-refractivity contribution < 1.29 is 9.84 Å². The van der Waals surface area contributed by atoms with E-state index in [1.807, 2.05) is 36.4 Å². The third-order valence-corrected chi connectivity index (χ3v) is 5.69. The summed E-state index contributed by atoms with van der Waals surface area (Å²) in [6.45, 7) is 3.88.